The number of amides is 1. The molecule has 0 fully saturated rings. The Balaban J connectivity index is 1.95. The minimum absolute atomic E-state index is 0.0600. The fourth-order valence-electron chi connectivity index (χ4n) is 3.67. The van der Waals surface area contributed by atoms with Crippen molar-refractivity contribution in [2.75, 3.05) is 24.5 Å². The van der Waals surface area contributed by atoms with Crippen molar-refractivity contribution in [3.05, 3.63) is 71.5 Å². The molecule has 31 heavy (non-hydrogen) atoms. The number of anilines is 1. The first-order chi connectivity index (χ1) is 15.1. The van der Waals surface area contributed by atoms with E-state index in [4.69, 9.17) is 4.52 Å². The van der Waals surface area contributed by atoms with Gasteiger partial charge in [-0.25, -0.2) is 4.39 Å². The van der Waals surface area contributed by atoms with Gasteiger partial charge in [0.15, 0.2) is 0 Å². The molecule has 0 atom stereocenters. The summed E-state index contributed by atoms with van der Waals surface area (Å²) in [4.78, 5) is 17.1. The molecule has 0 N–H and O–H groups in total. The molecule has 0 aliphatic heterocycles. The van der Waals surface area contributed by atoms with Crippen LogP contribution in [0.15, 0.2) is 59.1 Å². The third-order valence-electron chi connectivity index (χ3n) is 5.33. The van der Waals surface area contributed by atoms with Crippen LogP contribution in [0.5, 0.6) is 0 Å². The first kappa shape index (κ1) is 22.5. The number of hydrogen-bond donors (Lipinski definition) is 0. The van der Waals surface area contributed by atoms with Crippen LogP contribution in [-0.2, 0) is 17.8 Å². The summed E-state index contributed by atoms with van der Waals surface area (Å²) in [5.74, 6) is 0.422. The summed E-state index contributed by atoms with van der Waals surface area (Å²) >= 11 is 0. The monoisotopic (exact) mass is 423 g/mol. The van der Waals surface area contributed by atoms with Crippen molar-refractivity contribution in [1.29, 1.82) is 0 Å². The lowest BCUT2D eigenvalue weighted by atomic mass is 10.1. The second-order valence-corrected chi connectivity index (χ2v) is 7.47. The first-order valence-electron chi connectivity index (χ1n) is 10.9. The highest BCUT2D eigenvalue weighted by atomic mass is 19.1. The third kappa shape index (κ3) is 5.51. The van der Waals surface area contributed by atoms with Crippen molar-refractivity contribution < 1.29 is 13.7 Å². The normalized spacial score (nSPS) is 10.8. The molecule has 0 bridgehead atoms. The summed E-state index contributed by atoms with van der Waals surface area (Å²) in [5.41, 5.74) is 3.26. The molecule has 164 valence electrons. The second kappa shape index (κ2) is 10.8. The Bertz CT molecular complexity index is 966. The van der Waals surface area contributed by atoms with E-state index in [0.717, 1.165) is 36.2 Å². The van der Waals surface area contributed by atoms with Gasteiger partial charge >= 0.3 is 0 Å². The highest BCUT2D eigenvalue weighted by Crippen LogP contribution is 2.33. The maximum absolute atomic E-state index is 13.5. The zero-order valence-electron chi connectivity index (χ0n) is 18.5. The fourth-order valence-corrected chi connectivity index (χ4v) is 3.67. The van der Waals surface area contributed by atoms with Crippen LogP contribution >= 0.6 is 0 Å². The minimum Gasteiger partial charge on any atom is -0.341 e. The van der Waals surface area contributed by atoms with Crippen LogP contribution in [0.1, 0.15) is 38.3 Å². The van der Waals surface area contributed by atoms with Gasteiger partial charge in [0.25, 0.3) is 0 Å². The number of carbonyl (C=O) groups is 1. The molecule has 1 amide bonds. The van der Waals surface area contributed by atoms with Gasteiger partial charge in [0.1, 0.15) is 11.5 Å². The van der Waals surface area contributed by atoms with E-state index in [0.29, 0.717) is 31.1 Å². The van der Waals surface area contributed by atoms with E-state index < -0.39 is 0 Å². The number of hydrogen-bond acceptors (Lipinski definition) is 4. The van der Waals surface area contributed by atoms with E-state index in [9.17, 15) is 9.18 Å². The first-order valence-corrected chi connectivity index (χ1v) is 10.9. The lowest BCUT2D eigenvalue weighted by molar-refractivity contribution is -0.131. The Labute approximate surface area is 183 Å². The van der Waals surface area contributed by atoms with Gasteiger partial charge in [-0.1, -0.05) is 42.4 Å². The Hall–Kier alpha value is -3.15. The molecule has 0 aliphatic rings. The Morgan fingerprint density at radius 3 is 2.29 bits per heavy atom. The van der Waals surface area contributed by atoms with Crippen molar-refractivity contribution in [3.8, 4) is 11.3 Å². The molecule has 1 heterocycles. The van der Waals surface area contributed by atoms with E-state index in [1.54, 1.807) is 12.1 Å². The van der Waals surface area contributed by atoms with E-state index >= 15 is 0 Å². The summed E-state index contributed by atoms with van der Waals surface area (Å²) in [7, 11) is 0. The number of halogens is 1. The van der Waals surface area contributed by atoms with Crippen LogP contribution in [0.4, 0.5) is 10.3 Å². The van der Waals surface area contributed by atoms with Crippen molar-refractivity contribution in [1.82, 2.24) is 10.1 Å². The van der Waals surface area contributed by atoms with Crippen LogP contribution in [-0.4, -0.2) is 35.6 Å². The molecule has 5 nitrogen and oxygen atoms in total. The lowest BCUT2D eigenvalue weighted by Crippen LogP contribution is -2.33. The molecule has 6 heteroatoms. The zero-order chi connectivity index (χ0) is 22.2. The van der Waals surface area contributed by atoms with Crippen molar-refractivity contribution in [2.45, 2.75) is 40.2 Å². The topological polar surface area (TPSA) is 49.6 Å². The summed E-state index contributed by atoms with van der Waals surface area (Å²) in [6.45, 7) is 8.71. The van der Waals surface area contributed by atoms with Crippen molar-refractivity contribution >= 4 is 11.8 Å². The van der Waals surface area contributed by atoms with Crippen molar-refractivity contribution in [3.63, 3.8) is 0 Å². The summed E-state index contributed by atoms with van der Waals surface area (Å²) < 4.78 is 19.2. The molecule has 3 aromatic rings. The third-order valence-corrected chi connectivity index (χ3v) is 5.33. The van der Waals surface area contributed by atoms with Gasteiger partial charge in [-0.15, -0.1) is 0 Å². The van der Waals surface area contributed by atoms with Gasteiger partial charge in [0.2, 0.25) is 11.8 Å². The number of nitrogens with zero attached hydrogens (tertiary/aromatic N) is 3. The second-order valence-electron chi connectivity index (χ2n) is 7.47. The van der Waals surface area contributed by atoms with Gasteiger partial charge in [0, 0.05) is 25.2 Å². The summed E-state index contributed by atoms with van der Waals surface area (Å²) in [6.07, 6.45) is 1.19. The summed E-state index contributed by atoms with van der Waals surface area (Å²) in [5, 5.41) is 4.31. The predicted octanol–water partition coefficient (Wildman–Crippen LogP) is 5.31. The van der Waals surface area contributed by atoms with Gasteiger partial charge in [-0.05, 0) is 50.1 Å². The van der Waals surface area contributed by atoms with Crippen LogP contribution < -0.4 is 4.90 Å². The number of rotatable bonds is 10. The predicted molar refractivity (Wildman–Crippen MR) is 121 cm³/mol. The Morgan fingerprint density at radius 2 is 1.68 bits per heavy atom. The number of aromatic nitrogens is 1. The highest BCUT2D eigenvalue weighted by molar-refractivity contribution is 5.79. The number of carbonyl (C=O) groups excluding carboxylic acids is 1. The fraction of sp³-hybridized carbons (Fsp3) is 0.360. The Morgan fingerprint density at radius 1 is 1.00 bits per heavy atom. The maximum atomic E-state index is 13.5. The van der Waals surface area contributed by atoms with Crippen LogP contribution in [0.25, 0.3) is 11.3 Å². The molecule has 1 aromatic heterocycles. The smallest absolute Gasteiger partial charge is 0.232 e. The van der Waals surface area contributed by atoms with Gasteiger partial charge in [-0.3, -0.25) is 4.79 Å². The van der Waals surface area contributed by atoms with Crippen LogP contribution in [0, 0.1) is 5.82 Å². The molecule has 0 aliphatic carbocycles. The molecule has 0 unspecified atom stereocenters. The molecular formula is C25H30FN3O2. The SMILES string of the molecule is CCCN(Cc1c(-c2ccc(F)cc2)noc1N(CC)CC)C(=O)Cc1ccccc1. The van der Waals surface area contributed by atoms with E-state index in [1.165, 1.54) is 12.1 Å². The maximum Gasteiger partial charge on any atom is 0.232 e. The lowest BCUT2D eigenvalue weighted by Gasteiger charge is -2.25. The highest BCUT2D eigenvalue weighted by Gasteiger charge is 2.25. The van der Waals surface area contributed by atoms with E-state index in [-0.39, 0.29) is 11.7 Å². The average Bonchev–Trinajstić information content (AvgIpc) is 3.19. The standard InChI is InChI=1S/C25H30FN3O2/c1-4-16-29(23(30)17-19-10-8-7-9-11-19)18-22-24(20-12-14-21(26)15-13-20)27-31-25(22)28(5-2)6-3/h7-15H,4-6,16-18H2,1-3H3. The molecular weight excluding hydrogens is 393 g/mol. The van der Waals surface area contributed by atoms with Crippen molar-refractivity contribution in [2.24, 2.45) is 0 Å². The largest absolute Gasteiger partial charge is 0.341 e. The molecule has 3 rings (SSSR count). The van der Waals surface area contributed by atoms with Gasteiger partial charge < -0.3 is 14.3 Å². The Kier molecular flexibility index (Phi) is 7.82. The molecule has 0 spiro atoms. The molecule has 0 saturated carbocycles. The van der Waals surface area contributed by atoms with E-state index in [1.807, 2.05) is 35.2 Å². The zero-order valence-corrected chi connectivity index (χ0v) is 18.5. The van der Waals surface area contributed by atoms with Gasteiger partial charge in [0.05, 0.1) is 18.5 Å². The van der Waals surface area contributed by atoms with Gasteiger partial charge in [-0.2, -0.15) is 0 Å². The summed E-state index contributed by atoms with van der Waals surface area (Å²) in [6, 6.07) is 16.0. The average molecular weight is 424 g/mol. The number of benzene rings is 2. The molecule has 0 radical (unpaired) electrons. The quantitative estimate of drug-likeness (QED) is 0.444. The van der Waals surface area contributed by atoms with E-state index in [2.05, 4.69) is 30.8 Å². The minimum atomic E-state index is -0.302. The molecule has 0 saturated heterocycles. The van der Waals surface area contributed by atoms with Crippen LogP contribution in [0.3, 0.4) is 0 Å². The molecule has 2 aromatic carbocycles. The van der Waals surface area contributed by atoms with Crippen LogP contribution in [0.2, 0.25) is 0 Å².